The first-order valence-electron chi connectivity index (χ1n) is 16.0. The van der Waals surface area contributed by atoms with Crippen molar-refractivity contribution in [3.05, 3.63) is 4.88 Å². The fourth-order valence-electron chi connectivity index (χ4n) is 3.85. The summed E-state index contributed by atoms with van der Waals surface area (Å²) in [5.74, 6) is -1.77. The van der Waals surface area contributed by atoms with Crippen molar-refractivity contribution in [1.82, 2.24) is 10.0 Å². The van der Waals surface area contributed by atoms with Crippen LogP contribution < -0.4 is 9.62 Å². The van der Waals surface area contributed by atoms with Crippen molar-refractivity contribution in [3.8, 4) is 0 Å². The van der Waals surface area contributed by atoms with Gasteiger partial charge in [-0.15, -0.1) is 5.06 Å². The van der Waals surface area contributed by atoms with Crippen molar-refractivity contribution in [3.63, 3.8) is 0 Å². The molecular formula is C29H48N4O15S2. The van der Waals surface area contributed by atoms with Gasteiger partial charge < -0.3 is 48.0 Å². The maximum absolute atomic E-state index is 11.7. The number of hydrogen-bond acceptors (Lipinski definition) is 17. The number of nitrogens with zero attached hydrogens (tertiary/aromatic N) is 3. The van der Waals surface area contributed by atoms with E-state index in [9.17, 15) is 27.6 Å². The van der Waals surface area contributed by atoms with E-state index in [0.29, 0.717) is 94.4 Å². The number of aryl methyl sites for hydroxylation is 1. The van der Waals surface area contributed by atoms with Gasteiger partial charge in [0.15, 0.2) is 10.9 Å². The third-order valence-corrected chi connectivity index (χ3v) is 7.86. The molecule has 1 aromatic heterocycles. The molecule has 0 spiro atoms. The molecule has 50 heavy (non-hydrogen) atoms. The molecule has 1 aliphatic rings. The minimum Gasteiger partial charge on any atom is -0.378 e. The number of imide groups is 1. The molecule has 3 amide bonds. The van der Waals surface area contributed by atoms with Gasteiger partial charge in [0.05, 0.1) is 119 Å². The summed E-state index contributed by atoms with van der Waals surface area (Å²) in [4.78, 5) is 55.2. The summed E-state index contributed by atoms with van der Waals surface area (Å²) in [6.45, 7) is 8.61. The first-order chi connectivity index (χ1) is 24.2. The fraction of sp³-hybridized carbons (Fsp3) is 0.759. The number of ether oxygens (including phenoxy) is 8. The number of rotatable bonds is 31. The third-order valence-electron chi connectivity index (χ3n) is 6.20. The number of thiazole rings is 1. The Morgan fingerprint density at radius 2 is 1.12 bits per heavy atom. The molecule has 0 aromatic carbocycles. The van der Waals surface area contributed by atoms with Crippen LogP contribution in [0.25, 0.3) is 0 Å². The minimum absolute atomic E-state index is 0.0489. The lowest BCUT2D eigenvalue weighted by molar-refractivity contribution is -0.198. The van der Waals surface area contributed by atoms with Crippen molar-refractivity contribution in [2.24, 2.45) is 0 Å². The molecule has 0 aliphatic carbocycles. The first-order valence-corrected chi connectivity index (χ1v) is 18.0. The van der Waals surface area contributed by atoms with Crippen LogP contribution >= 0.6 is 11.3 Å². The molecule has 0 bridgehead atoms. The standard InChI is InChI=1S/C29H48N4O15S2/c1-23-28(31-29(49-23)30-24(2)34)32(50(38)39)6-8-41-10-12-43-14-16-45-18-20-47-22-21-46-19-17-44-15-13-42-11-9-40-7-5-27(37)48-33-25(35)3-4-26(33)36/h50H,3-22H2,1-2H3,(H,30,31,34). The van der Waals surface area contributed by atoms with Crippen LogP contribution in [-0.4, -0.2) is 154 Å². The quantitative estimate of drug-likeness (QED) is 0.0573. The zero-order chi connectivity index (χ0) is 36.4. The second kappa shape index (κ2) is 26.9. The Hall–Kier alpha value is -2.86. The van der Waals surface area contributed by atoms with Crippen molar-refractivity contribution in [1.29, 1.82) is 0 Å². The lowest BCUT2D eigenvalue weighted by atomic mass is 10.4. The van der Waals surface area contributed by atoms with Gasteiger partial charge in [-0.2, -0.15) is 0 Å². The third kappa shape index (κ3) is 19.5. The lowest BCUT2D eigenvalue weighted by Crippen LogP contribution is -2.32. The lowest BCUT2D eigenvalue weighted by Gasteiger charge is -2.16. The molecule has 1 N–H and O–H groups in total. The van der Waals surface area contributed by atoms with Crippen molar-refractivity contribution in [2.75, 3.05) is 122 Å². The topological polar surface area (TPSA) is 217 Å². The Kier molecular flexibility index (Phi) is 23.3. The van der Waals surface area contributed by atoms with Crippen LogP contribution in [0, 0.1) is 6.92 Å². The number of anilines is 2. The maximum Gasteiger partial charge on any atom is 0.335 e. The van der Waals surface area contributed by atoms with Crippen LogP contribution in [0.1, 0.15) is 31.1 Å². The average Bonchev–Trinajstić information content (AvgIpc) is 3.58. The molecule has 2 rings (SSSR count). The van der Waals surface area contributed by atoms with E-state index in [1.54, 1.807) is 6.92 Å². The van der Waals surface area contributed by atoms with E-state index in [1.165, 1.54) is 18.3 Å². The smallest absolute Gasteiger partial charge is 0.335 e. The van der Waals surface area contributed by atoms with Gasteiger partial charge in [0.1, 0.15) is 0 Å². The number of carbonyl (C=O) groups is 4. The van der Waals surface area contributed by atoms with Crippen LogP contribution in [0.2, 0.25) is 0 Å². The Balaban J connectivity index is 1.27. The SMILES string of the molecule is CC(=O)Nc1nc(N(CCOCCOCCOCCOCCOCCOCCOCCOCCC(=O)ON2C(=O)CCC2=O)[SH](=O)=O)c(C)s1. The second-order valence-electron chi connectivity index (χ2n) is 10.1. The number of aromatic nitrogens is 1. The predicted molar refractivity (Wildman–Crippen MR) is 177 cm³/mol. The van der Waals surface area contributed by atoms with Crippen molar-refractivity contribution >= 4 is 56.9 Å². The molecule has 0 unspecified atom stereocenters. The van der Waals surface area contributed by atoms with Gasteiger partial charge in [0.25, 0.3) is 11.8 Å². The summed E-state index contributed by atoms with van der Waals surface area (Å²) < 4.78 is 67.8. The van der Waals surface area contributed by atoms with Gasteiger partial charge in [-0.3, -0.25) is 18.7 Å². The van der Waals surface area contributed by atoms with Gasteiger partial charge >= 0.3 is 5.97 Å². The first kappa shape index (κ1) is 43.3. The highest BCUT2D eigenvalue weighted by Gasteiger charge is 2.32. The summed E-state index contributed by atoms with van der Waals surface area (Å²) >= 11 is 1.20. The molecule has 2 heterocycles. The van der Waals surface area contributed by atoms with E-state index < -0.39 is 28.7 Å². The summed E-state index contributed by atoms with van der Waals surface area (Å²) in [6.07, 6.45) is 0.00991. The molecule has 19 nitrogen and oxygen atoms in total. The normalized spacial score (nSPS) is 13.1. The van der Waals surface area contributed by atoms with Crippen LogP contribution in [0.3, 0.4) is 0 Å². The number of hydrogen-bond donors (Lipinski definition) is 2. The van der Waals surface area contributed by atoms with E-state index in [0.717, 1.165) is 4.31 Å². The average molecular weight is 757 g/mol. The van der Waals surface area contributed by atoms with Crippen molar-refractivity contribution < 1.29 is 70.3 Å². The molecule has 1 fully saturated rings. The predicted octanol–water partition coefficient (Wildman–Crippen LogP) is -0.127. The number of amides is 3. The number of nitrogens with one attached hydrogen (secondary N) is 1. The van der Waals surface area contributed by atoms with Crippen LogP contribution in [0.15, 0.2) is 0 Å². The highest BCUT2D eigenvalue weighted by Crippen LogP contribution is 2.29. The van der Waals surface area contributed by atoms with Gasteiger partial charge in [0.2, 0.25) is 16.8 Å². The van der Waals surface area contributed by atoms with Gasteiger partial charge in [-0.05, 0) is 6.92 Å². The van der Waals surface area contributed by atoms with E-state index in [1.807, 2.05) is 0 Å². The van der Waals surface area contributed by atoms with E-state index in [2.05, 4.69) is 10.3 Å². The Labute approximate surface area is 296 Å². The molecular weight excluding hydrogens is 708 g/mol. The Bertz CT molecular complexity index is 1210. The fourth-order valence-corrected chi connectivity index (χ4v) is 5.38. The molecule has 286 valence electrons. The highest BCUT2D eigenvalue weighted by atomic mass is 32.2. The zero-order valence-electron chi connectivity index (χ0n) is 28.5. The number of hydroxylamine groups is 2. The van der Waals surface area contributed by atoms with E-state index in [-0.39, 0.29) is 64.0 Å². The maximum atomic E-state index is 11.7. The molecule has 1 saturated heterocycles. The van der Waals surface area contributed by atoms with E-state index >= 15 is 0 Å². The number of thiol groups is 1. The highest BCUT2D eigenvalue weighted by molar-refractivity contribution is 7.74. The molecule has 0 radical (unpaired) electrons. The van der Waals surface area contributed by atoms with Gasteiger partial charge in [-0.25, -0.2) is 18.2 Å². The van der Waals surface area contributed by atoms with Crippen LogP contribution in [0.5, 0.6) is 0 Å². The minimum atomic E-state index is -2.93. The molecule has 0 saturated carbocycles. The summed E-state index contributed by atoms with van der Waals surface area (Å²) in [5.41, 5.74) is 0. The van der Waals surface area contributed by atoms with E-state index in [4.69, 9.17) is 42.7 Å². The zero-order valence-corrected chi connectivity index (χ0v) is 30.2. The summed E-state index contributed by atoms with van der Waals surface area (Å²) in [7, 11) is -2.93. The molecule has 1 aromatic rings. The van der Waals surface area contributed by atoms with Gasteiger partial charge in [-0.1, -0.05) is 11.3 Å². The molecule has 0 atom stereocenters. The number of carbonyl (C=O) groups excluding carboxylic acids is 4. The second-order valence-corrected chi connectivity index (χ2v) is 12.3. The molecule has 1 aliphatic heterocycles. The monoisotopic (exact) mass is 756 g/mol. The Morgan fingerprint density at radius 3 is 1.52 bits per heavy atom. The Morgan fingerprint density at radius 1 is 0.720 bits per heavy atom. The van der Waals surface area contributed by atoms with Crippen LogP contribution in [0.4, 0.5) is 10.9 Å². The summed E-state index contributed by atoms with van der Waals surface area (Å²) in [5, 5.41) is 3.40. The van der Waals surface area contributed by atoms with Crippen molar-refractivity contribution in [2.45, 2.75) is 33.1 Å². The largest absolute Gasteiger partial charge is 0.378 e. The summed E-state index contributed by atoms with van der Waals surface area (Å²) in [6, 6.07) is 0. The van der Waals surface area contributed by atoms with Crippen LogP contribution in [-0.2, 0) is 72.8 Å². The molecule has 21 heteroatoms. The van der Waals surface area contributed by atoms with Gasteiger partial charge in [0, 0.05) is 24.6 Å².